The second-order valence-electron chi connectivity index (χ2n) is 1.59. The third-order valence-corrected chi connectivity index (χ3v) is 1.42. The molecule has 2 heteroatoms. The smallest absolute Gasteiger partial charge is 0.0532 e. The highest BCUT2D eigenvalue weighted by molar-refractivity contribution is 6.33. The van der Waals surface area contributed by atoms with Gasteiger partial charge in [-0.05, 0) is 20.3 Å². The standard InChI is InChI=1S/C4H11NSi/c1-5(2)4-6-3/h4H2,1-3H3. The topological polar surface area (TPSA) is 3.24 Å². The highest BCUT2D eigenvalue weighted by Crippen LogP contribution is 1.66. The van der Waals surface area contributed by atoms with Gasteiger partial charge in [-0.2, -0.15) is 0 Å². The summed E-state index contributed by atoms with van der Waals surface area (Å²) in [5.74, 6) is 0. The molecule has 0 aliphatic carbocycles. The van der Waals surface area contributed by atoms with Crippen LogP contribution >= 0.6 is 0 Å². The van der Waals surface area contributed by atoms with Gasteiger partial charge in [0.15, 0.2) is 0 Å². The van der Waals surface area contributed by atoms with Gasteiger partial charge in [-0.3, -0.25) is 0 Å². The van der Waals surface area contributed by atoms with E-state index in [1.165, 1.54) is 6.17 Å². The Morgan fingerprint density at radius 1 is 1.50 bits per heavy atom. The van der Waals surface area contributed by atoms with Crippen molar-refractivity contribution in [2.24, 2.45) is 0 Å². The molecule has 36 valence electrons. The van der Waals surface area contributed by atoms with Gasteiger partial charge in [-0.25, -0.2) is 0 Å². The molecule has 0 aliphatic rings. The van der Waals surface area contributed by atoms with Gasteiger partial charge in [0.05, 0.1) is 9.52 Å². The zero-order valence-electron chi connectivity index (χ0n) is 4.65. The van der Waals surface area contributed by atoms with Crippen LogP contribution in [-0.2, 0) is 0 Å². The third-order valence-electron chi connectivity index (χ3n) is 0.474. The summed E-state index contributed by atoms with van der Waals surface area (Å²) in [4.78, 5) is 2.19. The van der Waals surface area contributed by atoms with E-state index < -0.39 is 0 Å². The van der Waals surface area contributed by atoms with E-state index in [4.69, 9.17) is 0 Å². The molecule has 0 saturated heterocycles. The van der Waals surface area contributed by atoms with Gasteiger partial charge < -0.3 is 4.90 Å². The highest BCUT2D eigenvalue weighted by Gasteiger charge is 1.80. The van der Waals surface area contributed by atoms with Gasteiger partial charge in [0.1, 0.15) is 0 Å². The van der Waals surface area contributed by atoms with E-state index >= 15 is 0 Å². The first-order valence-electron chi connectivity index (χ1n) is 2.06. The van der Waals surface area contributed by atoms with Crippen LogP contribution in [-0.4, -0.2) is 34.7 Å². The minimum Gasteiger partial charge on any atom is -0.313 e. The van der Waals surface area contributed by atoms with E-state index in [9.17, 15) is 0 Å². The molecule has 0 unspecified atom stereocenters. The largest absolute Gasteiger partial charge is 0.313 e. The predicted molar refractivity (Wildman–Crippen MR) is 30.2 cm³/mol. The van der Waals surface area contributed by atoms with Gasteiger partial charge >= 0.3 is 0 Å². The lowest BCUT2D eigenvalue weighted by Crippen LogP contribution is -2.16. The van der Waals surface area contributed by atoms with Crippen LogP contribution in [0.5, 0.6) is 0 Å². The second-order valence-corrected chi connectivity index (χ2v) is 2.61. The summed E-state index contributed by atoms with van der Waals surface area (Å²) in [6.07, 6.45) is 1.24. The molecule has 0 spiro atoms. The molecule has 0 bridgehead atoms. The van der Waals surface area contributed by atoms with Crippen molar-refractivity contribution < 1.29 is 0 Å². The average molecular weight is 101 g/mol. The summed E-state index contributed by atoms with van der Waals surface area (Å²) < 4.78 is 0. The molecule has 0 aromatic heterocycles. The Bertz CT molecular complexity index is 28.7. The third kappa shape index (κ3) is 4.18. The average Bonchev–Trinajstić information content (AvgIpc) is 1.35. The van der Waals surface area contributed by atoms with Crippen LogP contribution in [0.15, 0.2) is 0 Å². The lowest BCUT2D eigenvalue weighted by molar-refractivity contribution is 0.478. The van der Waals surface area contributed by atoms with Crippen molar-refractivity contribution >= 4 is 9.52 Å². The van der Waals surface area contributed by atoms with Gasteiger partial charge in [0, 0.05) is 0 Å². The SMILES string of the molecule is C[Si]CN(C)C. The Morgan fingerprint density at radius 3 is 2.00 bits per heavy atom. The quantitative estimate of drug-likeness (QED) is 0.451. The number of nitrogens with zero attached hydrogens (tertiary/aromatic N) is 1. The maximum atomic E-state index is 2.21. The number of rotatable bonds is 2. The van der Waals surface area contributed by atoms with E-state index in [1.807, 2.05) is 0 Å². The monoisotopic (exact) mass is 101 g/mol. The van der Waals surface area contributed by atoms with Gasteiger partial charge in [-0.1, -0.05) is 6.55 Å². The van der Waals surface area contributed by atoms with Crippen molar-refractivity contribution in [2.75, 3.05) is 20.3 Å². The first-order valence-corrected chi connectivity index (χ1v) is 3.77. The molecule has 0 fully saturated rings. The van der Waals surface area contributed by atoms with E-state index in [0.29, 0.717) is 0 Å². The molecule has 0 amide bonds. The van der Waals surface area contributed by atoms with Crippen molar-refractivity contribution in [3.63, 3.8) is 0 Å². The molecule has 0 N–H and O–H groups in total. The van der Waals surface area contributed by atoms with Crippen molar-refractivity contribution in [1.82, 2.24) is 4.90 Å². The van der Waals surface area contributed by atoms with Crippen molar-refractivity contribution in [2.45, 2.75) is 6.55 Å². The van der Waals surface area contributed by atoms with Gasteiger partial charge in [0.2, 0.25) is 0 Å². The summed E-state index contributed by atoms with van der Waals surface area (Å²) in [5, 5.41) is 0. The maximum Gasteiger partial charge on any atom is 0.0532 e. The fourth-order valence-electron chi connectivity index (χ4n) is 0.316. The zero-order valence-corrected chi connectivity index (χ0v) is 5.65. The molecule has 0 aliphatic heterocycles. The molecule has 2 radical (unpaired) electrons. The molecular weight excluding hydrogens is 90.1 g/mol. The minimum absolute atomic E-state index is 1.06. The van der Waals surface area contributed by atoms with Gasteiger partial charge in [0.25, 0.3) is 0 Å². The summed E-state index contributed by atoms with van der Waals surface area (Å²) in [5.41, 5.74) is 0. The maximum absolute atomic E-state index is 2.21. The van der Waals surface area contributed by atoms with Crippen LogP contribution in [0.2, 0.25) is 6.55 Å². The summed E-state index contributed by atoms with van der Waals surface area (Å²) in [6, 6.07) is 0. The molecule has 0 heterocycles. The van der Waals surface area contributed by atoms with Crippen molar-refractivity contribution in [3.8, 4) is 0 Å². The Morgan fingerprint density at radius 2 is 2.00 bits per heavy atom. The highest BCUT2D eigenvalue weighted by atomic mass is 28.2. The molecule has 0 rings (SSSR count). The van der Waals surface area contributed by atoms with Crippen LogP contribution in [0.1, 0.15) is 0 Å². The zero-order chi connectivity index (χ0) is 4.99. The fourth-order valence-corrected chi connectivity index (χ4v) is 0.949. The summed E-state index contributed by atoms with van der Waals surface area (Å²) >= 11 is 0. The van der Waals surface area contributed by atoms with Crippen LogP contribution in [0.3, 0.4) is 0 Å². The molecule has 6 heavy (non-hydrogen) atoms. The van der Waals surface area contributed by atoms with E-state index in [0.717, 1.165) is 9.52 Å². The summed E-state index contributed by atoms with van der Waals surface area (Å²) in [7, 11) is 5.25. The minimum atomic E-state index is 1.06. The van der Waals surface area contributed by atoms with E-state index in [1.54, 1.807) is 0 Å². The van der Waals surface area contributed by atoms with Crippen LogP contribution in [0.25, 0.3) is 0 Å². The molecule has 0 saturated carbocycles. The normalized spacial score (nSPS) is 10.0. The number of hydrogen-bond acceptors (Lipinski definition) is 1. The van der Waals surface area contributed by atoms with Crippen LogP contribution < -0.4 is 0 Å². The Kier molecular flexibility index (Phi) is 3.47. The predicted octanol–water partition coefficient (Wildman–Crippen LogP) is 0.258. The van der Waals surface area contributed by atoms with Crippen molar-refractivity contribution in [3.05, 3.63) is 0 Å². The Labute approximate surface area is 42.2 Å². The molecule has 1 nitrogen and oxygen atoms in total. The molecule has 0 aromatic rings. The lowest BCUT2D eigenvalue weighted by Gasteiger charge is -2.03. The van der Waals surface area contributed by atoms with Crippen LogP contribution in [0.4, 0.5) is 0 Å². The number of hydrogen-bond donors (Lipinski definition) is 0. The fraction of sp³-hybridized carbons (Fsp3) is 1.00. The Hall–Kier alpha value is 0.177. The van der Waals surface area contributed by atoms with E-state index in [2.05, 4.69) is 25.5 Å². The first-order chi connectivity index (χ1) is 2.77. The Balaban J connectivity index is 2.63. The van der Waals surface area contributed by atoms with Crippen molar-refractivity contribution in [1.29, 1.82) is 0 Å². The second kappa shape index (κ2) is 3.37. The van der Waals surface area contributed by atoms with Crippen LogP contribution in [0, 0.1) is 0 Å². The molecule has 0 aromatic carbocycles. The molecular formula is C4H11NSi. The lowest BCUT2D eigenvalue weighted by atomic mass is 11.0. The summed E-state index contributed by atoms with van der Waals surface area (Å²) in [6.45, 7) is 2.21. The van der Waals surface area contributed by atoms with Gasteiger partial charge in [-0.15, -0.1) is 0 Å². The molecule has 0 atom stereocenters. The first kappa shape index (κ1) is 6.18. The van der Waals surface area contributed by atoms with E-state index in [-0.39, 0.29) is 0 Å².